The van der Waals surface area contributed by atoms with Crippen molar-refractivity contribution in [2.45, 2.75) is 57.4 Å². The number of nitrogens with one attached hydrogen (secondary N) is 1. The number of halogens is 3. The summed E-state index contributed by atoms with van der Waals surface area (Å²) >= 11 is 6.00. The van der Waals surface area contributed by atoms with Gasteiger partial charge >= 0.3 is 0 Å². The molecule has 0 atom stereocenters. The highest BCUT2D eigenvalue weighted by molar-refractivity contribution is 6.30. The number of nitrogens with two attached hydrogens (primary N) is 1. The van der Waals surface area contributed by atoms with Gasteiger partial charge in [-0.15, -0.1) is 24.8 Å². The van der Waals surface area contributed by atoms with Crippen molar-refractivity contribution >= 4 is 59.5 Å². The molecule has 32 heavy (non-hydrogen) atoms. The first-order valence-electron chi connectivity index (χ1n) is 10.7. The van der Waals surface area contributed by atoms with Gasteiger partial charge in [-0.1, -0.05) is 49.7 Å². The van der Waals surface area contributed by atoms with E-state index < -0.39 is 0 Å². The molecule has 3 aromatic rings. The van der Waals surface area contributed by atoms with Gasteiger partial charge in [0.25, 0.3) is 0 Å². The maximum Gasteiger partial charge on any atom is 0.152 e. The topological polar surface area (TPSA) is 63.8 Å². The van der Waals surface area contributed by atoms with Crippen molar-refractivity contribution in [1.82, 2.24) is 15.4 Å². The first-order valence-corrected chi connectivity index (χ1v) is 11.1. The molecule has 2 aromatic carbocycles. The molecule has 0 saturated heterocycles. The first-order chi connectivity index (χ1) is 14.5. The molecular formula is C25H31Cl3N4. The molecular weight excluding hydrogens is 463 g/mol. The molecule has 0 bridgehead atoms. The Bertz CT molecular complexity index is 1040. The van der Waals surface area contributed by atoms with Gasteiger partial charge in [0.15, 0.2) is 5.82 Å². The van der Waals surface area contributed by atoms with Crippen LogP contribution in [-0.2, 0) is 0 Å². The van der Waals surface area contributed by atoms with Crippen LogP contribution in [0.1, 0.15) is 74.0 Å². The van der Waals surface area contributed by atoms with E-state index in [0.717, 1.165) is 47.6 Å². The van der Waals surface area contributed by atoms with Crippen LogP contribution < -0.4 is 11.3 Å². The monoisotopic (exact) mass is 492 g/mol. The Kier molecular flexibility index (Phi) is 9.93. The van der Waals surface area contributed by atoms with E-state index in [2.05, 4.69) is 37.5 Å². The molecule has 1 aliphatic rings. The quantitative estimate of drug-likeness (QED) is 0.299. The van der Waals surface area contributed by atoms with E-state index in [1.807, 2.05) is 36.4 Å². The minimum Gasteiger partial charge on any atom is -0.271 e. The van der Waals surface area contributed by atoms with E-state index >= 15 is 0 Å². The average molecular weight is 494 g/mol. The second kappa shape index (κ2) is 12.0. The Morgan fingerprint density at radius 1 is 0.969 bits per heavy atom. The van der Waals surface area contributed by atoms with Crippen molar-refractivity contribution in [3.8, 4) is 0 Å². The lowest BCUT2D eigenvalue weighted by atomic mass is 9.82. The highest BCUT2D eigenvalue weighted by Gasteiger charge is 2.25. The Morgan fingerprint density at radius 2 is 1.66 bits per heavy atom. The Morgan fingerprint density at radius 3 is 2.28 bits per heavy atom. The van der Waals surface area contributed by atoms with Crippen LogP contribution in [0, 0.1) is 0 Å². The fourth-order valence-electron chi connectivity index (χ4n) is 4.21. The minimum absolute atomic E-state index is 0. The van der Waals surface area contributed by atoms with Gasteiger partial charge in [-0.25, -0.2) is 9.97 Å². The molecule has 172 valence electrons. The number of fused-ring (bicyclic) bond motifs is 1. The zero-order valence-corrected chi connectivity index (χ0v) is 20.8. The second-order valence-electron chi connectivity index (χ2n) is 8.50. The van der Waals surface area contributed by atoms with Crippen LogP contribution in [0.2, 0.25) is 5.02 Å². The predicted molar refractivity (Wildman–Crippen MR) is 141 cm³/mol. The fraction of sp³-hybridized carbons (Fsp3) is 0.360. The van der Waals surface area contributed by atoms with Crippen LogP contribution in [0.3, 0.4) is 0 Å². The predicted octanol–water partition coefficient (Wildman–Crippen LogP) is 6.91. The molecule has 0 aliphatic heterocycles. The van der Waals surface area contributed by atoms with Gasteiger partial charge in [0.1, 0.15) is 0 Å². The van der Waals surface area contributed by atoms with Gasteiger partial charge < -0.3 is 0 Å². The SMILES string of the molecule is CC(C)c1ccc2nc(C=Cc3ccc(Cl)cc3)nc(C3CCC(NN)CC3)c2c1.Cl.Cl. The Balaban J connectivity index is 0.00000181. The maximum atomic E-state index is 6.00. The highest BCUT2D eigenvalue weighted by Crippen LogP contribution is 2.36. The summed E-state index contributed by atoms with van der Waals surface area (Å²) in [5, 5.41) is 1.92. The van der Waals surface area contributed by atoms with Crippen LogP contribution in [0.15, 0.2) is 42.5 Å². The summed E-state index contributed by atoms with van der Waals surface area (Å²) in [4.78, 5) is 9.87. The minimum atomic E-state index is 0. The van der Waals surface area contributed by atoms with Gasteiger partial charge in [-0.2, -0.15) is 0 Å². The summed E-state index contributed by atoms with van der Waals surface area (Å²) in [6, 6.07) is 14.8. The molecule has 1 fully saturated rings. The third-order valence-corrected chi connectivity index (χ3v) is 6.33. The number of hydrazine groups is 1. The van der Waals surface area contributed by atoms with E-state index in [1.54, 1.807) is 0 Å². The summed E-state index contributed by atoms with van der Waals surface area (Å²) in [6.45, 7) is 4.45. The van der Waals surface area contributed by atoms with Gasteiger partial charge in [-0.3, -0.25) is 11.3 Å². The van der Waals surface area contributed by atoms with Crippen molar-refractivity contribution < 1.29 is 0 Å². The van der Waals surface area contributed by atoms with Gasteiger partial charge in [0.05, 0.1) is 11.2 Å². The highest BCUT2D eigenvalue weighted by atomic mass is 35.5. The van der Waals surface area contributed by atoms with Crippen molar-refractivity contribution in [3.63, 3.8) is 0 Å². The van der Waals surface area contributed by atoms with Crippen molar-refractivity contribution in [1.29, 1.82) is 0 Å². The molecule has 0 amide bonds. The lowest BCUT2D eigenvalue weighted by Gasteiger charge is -2.28. The van der Waals surface area contributed by atoms with Gasteiger partial charge in [0.2, 0.25) is 0 Å². The van der Waals surface area contributed by atoms with Crippen molar-refractivity contribution in [2.75, 3.05) is 0 Å². The number of hydrogen-bond donors (Lipinski definition) is 2. The van der Waals surface area contributed by atoms with Crippen molar-refractivity contribution in [2.24, 2.45) is 5.84 Å². The van der Waals surface area contributed by atoms with E-state index in [9.17, 15) is 0 Å². The number of benzene rings is 2. The molecule has 0 spiro atoms. The van der Waals surface area contributed by atoms with Crippen LogP contribution in [0.4, 0.5) is 0 Å². The number of nitrogens with zero attached hydrogens (tertiary/aromatic N) is 2. The summed E-state index contributed by atoms with van der Waals surface area (Å²) < 4.78 is 0. The average Bonchev–Trinajstić information content (AvgIpc) is 2.78. The van der Waals surface area contributed by atoms with Crippen molar-refractivity contribution in [3.05, 3.63) is 70.1 Å². The fourth-order valence-corrected chi connectivity index (χ4v) is 4.34. The molecule has 1 heterocycles. The van der Waals surface area contributed by atoms with E-state index in [-0.39, 0.29) is 24.8 Å². The zero-order valence-electron chi connectivity index (χ0n) is 18.4. The molecule has 1 aliphatic carbocycles. The summed E-state index contributed by atoms with van der Waals surface area (Å²) in [7, 11) is 0. The molecule has 1 aromatic heterocycles. The Labute approximate surface area is 207 Å². The van der Waals surface area contributed by atoms with E-state index in [1.165, 1.54) is 16.6 Å². The van der Waals surface area contributed by atoms with Crippen LogP contribution in [0.25, 0.3) is 23.1 Å². The van der Waals surface area contributed by atoms with E-state index in [4.69, 9.17) is 27.4 Å². The van der Waals surface area contributed by atoms with Crippen LogP contribution >= 0.6 is 36.4 Å². The molecule has 3 N–H and O–H groups in total. The Hall–Kier alpha value is -1.69. The van der Waals surface area contributed by atoms with Gasteiger partial charge in [0, 0.05) is 22.4 Å². The molecule has 4 rings (SSSR count). The standard InChI is InChI=1S/C25H29ClN4.2ClH/c1-16(2)19-8-13-23-22(15-19)25(18-6-11-21(30-27)12-7-18)29-24(28-23)14-5-17-3-9-20(26)10-4-17;;/h3-5,8-10,13-16,18,21,30H,6-7,11-12,27H2,1-2H3;2*1H. The summed E-state index contributed by atoms with van der Waals surface area (Å²) in [5.74, 6) is 7.33. The molecule has 0 unspecified atom stereocenters. The number of aromatic nitrogens is 2. The lowest BCUT2D eigenvalue weighted by molar-refractivity contribution is 0.344. The molecule has 4 nitrogen and oxygen atoms in total. The maximum absolute atomic E-state index is 6.00. The van der Waals surface area contributed by atoms with Crippen LogP contribution in [-0.4, -0.2) is 16.0 Å². The first kappa shape index (κ1) is 26.6. The summed E-state index contributed by atoms with van der Waals surface area (Å²) in [6.07, 6.45) is 8.37. The largest absolute Gasteiger partial charge is 0.271 e. The summed E-state index contributed by atoms with van der Waals surface area (Å²) in [5.41, 5.74) is 7.53. The number of rotatable bonds is 5. The zero-order chi connectivity index (χ0) is 21.1. The van der Waals surface area contributed by atoms with Gasteiger partial charge in [-0.05, 0) is 73.1 Å². The third kappa shape index (κ3) is 6.21. The number of hydrogen-bond acceptors (Lipinski definition) is 4. The lowest BCUT2D eigenvalue weighted by Crippen LogP contribution is -2.37. The smallest absolute Gasteiger partial charge is 0.152 e. The van der Waals surface area contributed by atoms with E-state index in [0.29, 0.717) is 17.9 Å². The molecule has 1 saturated carbocycles. The normalized spacial score (nSPS) is 18.5. The van der Waals surface area contributed by atoms with Crippen LogP contribution in [0.5, 0.6) is 0 Å². The molecule has 7 heteroatoms. The second-order valence-corrected chi connectivity index (χ2v) is 8.93. The third-order valence-electron chi connectivity index (χ3n) is 6.08. The molecule has 0 radical (unpaired) electrons.